The number of likely N-dealkylation sites (tertiary alicyclic amines) is 1. The van der Waals surface area contributed by atoms with Crippen molar-refractivity contribution < 1.29 is 27.9 Å². The highest BCUT2D eigenvalue weighted by Gasteiger charge is 2.27. The molecule has 1 aromatic carbocycles. The number of carbonyl (C=O) groups is 1. The lowest BCUT2D eigenvalue weighted by molar-refractivity contribution is -0.122. The third-order valence-electron chi connectivity index (χ3n) is 5.64. The van der Waals surface area contributed by atoms with Crippen molar-refractivity contribution in [1.29, 1.82) is 0 Å². The van der Waals surface area contributed by atoms with Crippen LogP contribution in [-0.2, 0) is 4.84 Å². The van der Waals surface area contributed by atoms with Crippen molar-refractivity contribution in [2.45, 2.75) is 25.1 Å². The van der Waals surface area contributed by atoms with Gasteiger partial charge in [-0.25, -0.2) is 9.78 Å². The van der Waals surface area contributed by atoms with E-state index in [4.69, 9.17) is 4.84 Å². The van der Waals surface area contributed by atoms with Gasteiger partial charge in [-0.1, -0.05) is 17.3 Å². The van der Waals surface area contributed by atoms with Gasteiger partial charge in [-0.2, -0.15) is 13.2 Å². The Morgan fingerprint density at radius 3 is 2.94 bits per heavy atom. The maximum absolute atomic E-state index is 12.3. The molecule has 192 valence electrons. The lowest BCUT2D eigenvalue weighted by atomic mass is 10.1. The first-order valence-electron chi connectivity index (χ1n) is 11.5. The maximum Gasteiger partial charge on any atom is 0.405 e. The highest BCUT2D eigenvalue weighted by Crippen LogP contribution is 2.24. The van der Waals surface area contributed by atoms with Crippen LogP contribution in [0.1, 0.15) is 18.4 Å². The molecule has 4 rings (SSSR count). The number of aliphatic hydroxyl groups excluding tert-OH is 1. The SMILES string of the molecule is O=C(NCC(F)(F)F)Nc1cccc(-c2cnc3cc(/C=N/OCCCN4CCC(O)C4)ccn23)c1. The molecule has 0 radical (unpaired) electrons. The summed E-state index contributed by atoms with van der Waals surface area (Å²) in [4.78, 5) is 23.7. The summed E-state index contributed by atoms with van der Waals surface area (Å²) in [7, 11) is 0. The van der Waals surface area contributed by atoms with Crippen molar-refractivity contribution in [3.63, 3.8) is 0 Å². The fourth-order valence-corrected chi connectivity index (χ4v) is 3.92. The second-order valence-corrected chi connectivity index (χ2v) is 8.50. The molecule has 3 N–H and O–H groups in total. The monoisotopic (exact) mass is 504 g/mol. The van der Waals surface area contributed by atoms with Gasteiger partial charge in [-0.3, -0.25) is 4.40 Å². The number of nitrogens with zero attached hydrogens (tertiary/aromatic N) is 4. The number of anilines is 1. The molecule has 9 nitrogen and oxygen atoms in total. The van der Waals surface area contributed by atoms with Gasteiger partial charge >= 0.3 is 12.2 Å². The molecule has 12 heteroatoms. The van der Waals surface area contributed by atoms with Crippen LogP contribution in [0.4, 0.5) is 23.7 Å². The third-order valence-corrected chi connectivity index (χ3v) is 5.64. The topological polar surface area (TPSA) is 103 Å². The molecule has 2 aromatic heterocycles. The number of alkyl halides is 3. The number of fused-ring (bicyclic) bond motifs is 1. The second-order valence-electron chi connectivity index (χ2n) is 8.50. The molecule has 3 heterocycles. The number of aromatic nitrogens is 2. The normalized spacial score (nSPS) is 16.6. The van der Waals surface area contributed by atoms with Crippen molar-refractivity contribution in [2.24, 2.45) is 5.16 Å². The first-order valence-corrected chi connectivity index (χ1v) is 11.5. The lowest BCUT2D eigenvalue weighted by Gasteiger charge is -2.13. The minimum absolute atomic E-state index is 0.221. The molecule has 0 aliphatic carbocycles. The Labute approximate surface area is 205 Å². The van der Waals surface area contributed by atoms with E-state index >= 15 is 0 Å². The van der Waals surface area contributed by atoms with Crippen LogP contribution < -0.4 is 10.6 Å². The number of oxime groups is 1. The summed E-state index contributed by atoms with van der Waals surface area (Å²) in [6.45, 7) is 1.57. The second kappa shape index (κ2) is 11.4. The van der Waals surface area contributed by atoms with Crippen molar-refractivity contribution in [3.05, 3.63) is 54.4 Å². The van der Waals surface area contributed by atoms with E-state index in [2.05, 4.69) is 20.4 Å². The Kier molecular flexibility index (Phi) is 8.06. The molecule has 2 amide bonds. The van der Waals surface area contributed by atoms with Gasteiger partial charge < -0.3 is 25.5 Å². The van der Waals surface area contributed by atoms with Crippen LogP contribution in [0.25, 0.3) is 16.9 Å². The van der Waals surface area contributed by atoms with E-state index in [-0.39, 0.29) is 6.10 Å². The molecule has 0 spiro atoms. The third kappa shape index (κ3) is 7.18. The lowest BCUT2D eigenvalue weighted by Crippen LogP contribution is -2.36. The van der Waals surface area contributed by atoms with Crippen LogP contribution in [0.5, 0.6) is 0 Å². The summed E-state index contributed by atoms with van der Waals surface area (Å²) in [6.07, 6.45) is 2.05. The van der Waals surface area contributed by atoms with Gasteiger partial charge in [0.1, 0.15) is 18.8 Å². The van der Waals surface area contributed by atoms with E-state index in [0.717, 1.165) is 42.8 Å². The minimum atomic E-state index is -4.48. The number of urea groups is 1. The van der Waals surface area contributed by atoms with Gasteiger partial charge in [-0.05, 0) is 37.1 Å². The van der Waals surface area contributed by atoms with Gasteiger partial charge in [0.15, 0.2) is 0 Å². The number of β-amino-alcohol motifs (C(OH)–C–C–N with tert-alkyl or cyclic N) is 1. The van der Waals surface area contributed by atoms with Gasteiger partial charge in [0.25, 0.3) is 0 Å². The number of amides is 2. The quantitative estimate of drug-likeness (QED) is 0.235. The number of hydrogen-bond acceptors (Lipinski definition) is 6. The summed E-state index contributed by atoms with van der Waals surface area (Å²) < 4.78 is 38.7. The molecule has 1 atom stereocenters. The predicted molar refractivity (Wildman–Crippen MR) is 129 cm³/mol. The smallest absolute Gasteiger partial charge is 0.396 e. The van der Waals surface area contributed by atoms with E-state index in [1.54, 1.807) is 35.9 Å². The molecular weight excluding hydrogens is 477 g/mol. The van der Waals surface area contributed by atoms with E-state index in [0.29, 0.717) is 24.5 Å². The summed E-state index contributed by atoms with van der Waals surface area (Å²) in [5.41, 5.74) is 3.30. The van der Waals surface area contributed by atoms with E-state index < -0.39 is 18.8 Å². The van der Waals surface area contributed by atoms with Crippen molar-refractivity contribution in [1.82, 2.24) is 19.6 Å². The van der Waals surface area contributed by atoms with Gasteiger partial charge in [0.2, 0.25) is 0 Å². The minimum Gasteiger partial charge on any atom is -0.396 e. The van der Waals surface area contributed by atoms with E-state index in [9.17, 15) is 23.1 Å². The van der Waals surface area contributed by atoms with Gasteiger partial charge in [0, 0.05) is 42.6 Å². The first-order chi connectivity index (χ1) is 17.3. The molecule has 1 aliphatic rings. The average Bonchev–Trinajstić information content (AvgIpc) is 3.45. The molecule has 1 aliphatic heterocycles. The molecule has 36 heavy (non-hydrogen) atoms. The summed E-state index contributed by atoms with van der Waals surface area (Å²) in [6, 6.07) is 9.50. The number of halogens is 3. The fourth-order valence-electron chi connectivity index (χ4n) is 3.92. The Morgan fingerprint density at radius 2 is 2.17 bits per heavy atom. The zero-order valence-corrected chi connectivity index (χ0v) is 19.4. The van der Waals surface area contributed by atoms with E-state index in [1.807, 2.05) is 28.8 Å². The number of aliphatic hydroxyl groups is 1. The fraction of sp³-hybridized carbons (Fsp3) is 0.375. The number of benzene rings is 1. The summed E-state index contributed by atoms with van der Waals surface area (Å²) in [5.74, 6) is 0. The Hall–Kier alpha value is -3.64. The number of imidazole rings is 1. The van der Waals surface area contributed by atoms with Crippen LogP contribution in [0, 0.1) is 0 Å². The molecular formula is C24H27F3N6O3. The predicted octanol–water partition coefficient (Wildman–Crippen LogP) is 3.49. The van der Waals surface area contributed by atoms with E-state index in [1.165, 1.54) is 0 Å². The molecule has 3 aromatic rings. The zero-order chi connectivity index (χ0) is 25.5. The Morgan fingerprint density at radius 1 is 1.31 bits per heavy atom. The molecule has 1 fully saturated rings. The first kappa shape index (κ1) is 25.5. The van der Waals surface area contributed by atoms with Crippen LogP contribution in [-0.4, -0.2) is 76.7 Å². The van der Waals surface area contributed by atoms with Crippen LogP contribution in [0.15, 0.2) is 53.9 Å². The van der Waals surface area contributed by atoms with Gasteiger partial charge in [-0.15, -0.1) is 0 Å². The molecule has 0 saturated carbocycles. The largest absolute Gasteiger partial charge is 0.405 e. The maximum atomic E-state index is 12.3. The number of nitrogens with one attached hydrogen (secondary N) is 2. The molecule has 1 saturated heterocycles. The van der Waals surface area contributed by atoms with Crippen molar-refractivity contribution in [2.75, 3.05) is 38.1 Å². The number of rotatable bonds is 9. The highest BCUT2D eigenvalue weighted by atomic mass is 19.4. The van der Waals surface area contributed by atoms with Crippen LogP contribution in [0.2, 0.25) is 0 Å². The summed E-state index contributed by atoms with van der Waals surface area (Å²) >= 11 is 0. The standard InChI is InChI=1S/C24H27F3N6O3/c25-24(26,27)16-29-23(35)31-19-4-1-3-18(12-19)21-14-28-22-11-17(5-9-33(21)22)13-30-36-10-2-7-32-8-6-20(34)15-32/h1,3-5,9,11-14,20,34H,2,6-8,10,15-16H2,(H2,29,31,35)/b30-13+. The highest BCUT2D eigenvalue weighted by molar-refractivity contribution is 5.90. The average molecular weight is 505 g/mol. The number of hydrogen-bond donors (Lipinski definition) is 3. The van der Waals surface area contributed by atoms with Gasteiger partial charge in [0.05, 0.1) is 24.2 Å². The van der Waals surface area contributed by atoms with Crippen LogP contribution in [0.3, 0.4) is 0 Å². The van der Waals surface area contributed by atoms with Crippen molar-refractivity contribution in [3.8, 4) is 11.3 Å². The summed E-state index contributed by atoms with van der Waals surface area (Å²) in [5, 5.41) is 17.7. The Balaban J connectivity index is 1.33. The molecule has 1 unspecified atom stereocenters. The van der Waals surface area contributed by atoms with Crippen LogP contribution >= 0.6 is 0 Å². The van der Waals surface area contributed by atoms with Crippen molar-refractivity contribution >= 4 is 23.6 Å². The zero-order valence-electron chi connectivity index (χ0n) is 19.4. The Bertz CT molecular complexity index is 1210. The molecule has 0 bridgehead atoms. The number of pyridine rings is 1. The number of carbonyl (C=O) groups excluding carboxylic acids is 1.